The van der Waals surface area contributed by atoms with Crippen molar-refractivity contribution in [2.24, 2.45) is 5.84 Å². The van der Waals surface area contributed by atoms with Crippen molar-refractivity contribution in [3.8, 4) is 0 Å². The highest BCUT2D eigenvalue weighted by molar-refractivity contribution is 4.92. The predicted octanol–water partition coefficient (Wildman–Crippen LogP) is -0.230. The van der Waals surface area contributed by atoms with Crippen LogP contribution in [0.2, 0.25) is 0 Å². The maximum absolute atomic E-state index is 5.53. The Labute approximate surface area is 54.5 Å². The highest BCUT2D eigenvalue weighted by Gasteiger charge is 2.39. The third kappa shape index (κ3) is 0.764. The SMILES string of the molecule is NNC1CC2CCC1O2. The molecule has 0 radical (unpaired) electrons. The molecule has 0 aromatic heterocycles. The molecule has 3 nitrogen and oxygen atoms in total. The van der Waals surface area contributed by atoms with Gasteiger partial charge in [0.2, 0.25) is 0 Å². The lowest BCUT2D eigenvalue weighted by molar-refractivity contribution is 0.0975. The fourth-order valence-electron chi connectivity index (χ4n) is 1.81. The van der Waals surface area contributed by atoms with Gasteiger partial charge in [0, 0.05) is 6.04 Å². The van der Waals surface area contributed by atoms with E-state index in [1.165, 1.54) is 12.8 Å². The zero-order valence-electron chi connectivity index (χ0n) is 5.34. The van der Waals surface area contributed by atoms with Gasteiger partial charge in [0.05, 0.1) is 12.2 Å². The third-order valence-electron chi connectivity index (χ3n) is 2.32. The molecule has 2 rings (SSSR count). The Balaban J connectivity index is 2.01. The summed E-state index contributed by atoms with van der Waals surface area (Å²) in [6.07, 6.45) is 4.47. The molecule has 2 bridgehead atoms. The van der Waals surface area contributed by atoms with Crippen LogP contribution in [0.15, 0.2) is 0 Å². The van der Waals surface area contributed by atoms with E-state index in [4.69, 9.17) is 10.6 Å². The van der Waals surface area contributed by atoms with E-state index in [-0.39, 0.29) is 0 Å². The highest BCUT2D eigenvalue weighted by Crippen LogP contribution is 2.33. The molecular formula is C6H12N2O. The summed E-state index contributed by atoms with van der Waals surface area (Å²) in [5, 5.41) is 0. The van der Waals surface area contributed by atoms with Crippen molar-refractivity contribution in [1.82, 2.24) is 5.43 Å². The lowest BCUT2D eigenvalue weighted by Gasteiger charge is -2.16. The van der Waals surface area contributed by atoms with Gasteiger partial charge >= 0.3 is 0 Å². The molecule has 0 saturated carbocycles. The fraction of sp³-hybridized carbons (Fsp3) is 1.00. The van der Waals surface area contributed by atoms with E-state index in [0.717, 1.165) is 6.42 Å². The number of hydrogen-bond acceptors (Lipinski definition) is 3. The van der Waals surface area contributed by atoms with Crippen molar-refractivity contribution in [3.63, 3.8) is 0 Å². The van der Waals surface area contributed by atoms with Gasteiger partial charge in [0.1, 0.15) is 0 Å². The Morgan fingerprint density at radius 2 is 2.33 bits per heavy atom. The average Bonchev–Trinajstić information content (AvgIpc) is 2.45. The second kappa shape index (κ2) is 1.94. The minimum absolute atomic E-state index is 0.417. The first-order valence-electron chi connectivity index (χ1n) is 3.52. The zero-order valence-corrected chi connectivity index (χ0v) is 5.34. The first kappa shape index (κ1) is 5.65. The number of fused-ring (bicyclic) bond motifs is 2. The maximum Gasteiger partial charge on any atom is 0.0747 e. The molecule has 2 heterocycles. The number of nitrogens with one attached hydrogen (secondary N) is 1. The minimum Gasteiger partial charge on any atom is -0.373 e. The van der Waals surface area contributed by atoms with Gasteiger partial charge in [-0.25, -0.2) is 0 Å². The molecule has 3 atom stereocenters. The standard InChI is InChI=1S/C6H12N2O/c7-8-5-3-4-1-2-6(5)9-4/h4-6,8H,1-3,7H2. The molecule has 0 spiro atoms. The van der Waals surface area contributed by atoms with Crippen LogP contribution in [0.25, 0.3) is 0 Å². The van der Waals surface area contributed by atoms with Crippen LogP contribution < -0.4 is 11.3 Å². The van der Waals surface area contributed by atoms with E-state index >= 15 is 0 Å². The minimum atomic E-state index is 0.417. The van der Waals surface area contributed by atoms with Crippen LogP contribution in [0, 0.1) is 0 Å². The molecule has 3 N–H and O–H groups in total. The Hall–Kier alpha value is -0.120. The van der Waals surface area contributed by atoms with Crippen LogP contribution in [-0.4, -0.2) is 18.2 Å². The molecule has 0 aromatic carbocycles. The summed E-state index contributed by atoms with van der Waals surface area (Å²) in [7, 11) is 0. The summed E-state index contributed by atoms with van der Waals surface area (Å²) >= 11 is 0. The van der Waals surface area contributed by atoms with Crippen LogP contribution in [-0.2, 0) is 4.74 Å². The van der Waals surface area contributed by atoms with E-state index in [0.29, 0.717) is 18.2 Å². The van der Waals surface area contributed by atoms with Crippen LogP contribution in [0.1, 0.15) is 19.3 Å². The fourth-order valence-corrected chi connectivity index (χ4v) is 1.81. The number of hydrazine groups is 1. The van der Waals surface area contributed by atoms with Gasteiger partial charge in [-0.15, -0.1) is 0 Å². The predicted molar refractivity (Wildman–Crippen MR) is 33.6 cm³/mol. The first-order chi connectivity index (χ1) is 4.40. The molecular weight excluding hydrogens is 116 g/mol. The summed E-state index contributed by atoms with van der Waals surface area (Å²) in [6, 6.07) is 0.434. The number of hydrogen-bond donors (Lipinski definition) is 2. The Morgan fingerprint density at radius 3 is 2.67 bits per heavy atom. The van der Waals surface area contributed by atoms with Gasteiger partial charge in [0.25, 0.3) is 0 Å². The van der Waals surface area contributed by atoms with Gasteiger partial charge in [0.15, 0.2) is 0 Å². The normalized spacial score (nSPS) is 48.3. The van der Waals surface area contributed by atoms with E-state index in [1.807, 2.05) is 0 Å². The summed E-state index contributed by atoms with van der Waals surface area (Å²) in [6.45, 7) is 0. The van der Waals surface area contributed by atoms with Crippen molar-refractivity contribution in [3.05, 3.63) is 0 Å². The lowest BCUT2D eigenvalue weighted by atomic mass is 9.96. The monoisotopic (exact) mass is 128 g/mol. The summed E-state index contributed by atoms with van der Waals surface area (Å²) in [4.78, 5) is 0. The Kier molecular flexibility index (Phi) is 1.22. The van der Waals surface area contributed by atoms with Gasteiger partial charge < -0.3 is 4.74 Å². The van der Waals surface area contributed by atoms with Crippen LogP contribution in [0.4, 0.5) is 0 Å². The van der Waals surface area contributed by atoms with Crippen molar-refractivity contribution in [2.75, 3.05) is 0 Å². The van der Waals surface area contributed by atoms with Gasteiger partial charge in [-0.3, -0.25) is 11.3 Å². The van der Waals surface area contributed by atoms with Crippen molar-refractivity contribution in [2.45, 2.75) is 37.5 Å². The molecule has 3 heteroatoms. The zero-order chi connectivity index (χ0) is 6.27. The lowest BCUT2D eigenvalue weighted by Crippen LogP contribution is -2.41. The molecule has 0 amide bonds. The second-order valence-corrected chi connectivity index (χ2v) is 2.88. The molecule has 9 heavy (non-hydrogen) atoms. The quantitative estimate of drug-likeness (QED) is 0.379. The largest absolute Gasteiger partial charge is 0.373 e. The third-order valence-corrected chi connectivity index (χ3v) is 2.32. The smallest absolute Gasteiger partial charge is 0.0747 e. The summed E-state index contributed by atoms with van der Waals surface area (Å²) in [5.41, 5.74) is 2.77. The van der Waals surface area contributed by atoms with Gasteiger partial charge in [-0.05, 0) is 19.3 Å². The Bertz CT molecular complexity index is 118. The molecule has 52 valence electrons. The van der Waals surface area contributed by atoms with Gasteiger partial charge in [-0.1, -0.05) is 0 Å². The van der Waals surface area contributed by atoms with E-state index in [1.54, 1.807) is 0 Å². The molecule has 0 aromatic rings. The maximum atomic E-state index is 5.53. The molecule has 2 fully saturated rings. The van der Waals surface area contributed by atoms with Crippen molar-refractivity contribution >= 4 is 0 Å². The molecule has 2 saturated heterocycles. The second-order valence-electron chi connectivity index (χ2n) is 2.88. The van der Waals surface area contributed by atoms with Crippen LogP contribution in [0.5, 0.6) is 0 Å². The molecule has 3 unspecified atom stereocenters. The molecule has 0 aliphatic carbocycles. The number of ether oxygens (including phenoxy) is 1. The van der Waals surface area contributed by atoms with E-state index in [9.17, 15) is 0 Å². The van der Waals surface area contributed by atoms with Crippen molar-refractivity contribution < 1.29 is 4.74 Å². The van der Waals surface area contributed by atoms with Crippen LogP contribution in [0.3, 0.4) is 0 Å². The average molecular weight is 128 g/mol. The topological polar surface area (TPSA) is 47.3 Å². The summed E-state index contributed by atoms with van der Waals surface area (Å²) < 4.78 is 5.53. The molecule has 2 aliphatic rings. The van der Waals surface area contributed by atoms with Crippen molar-refractivity contribution in [1.29, 1.82) is 0 Å². The van der Waals surface area contributed by atoms with Gasteiger partial charge in [-0.2, -0.15) is 0 Å². The summed E-state index contributed by atoms with van der Waals surface area (Å²) in [5.74, 6) is 5.29. The number of rotatable bonds is 1. The highest BCUT2D eigenvalue weighted by atomic mass is 16.5. The van der Waals surface area contributed by atoms with E-state index < -0.39 is 0 Å². The molecule has 2 aliphatic heterocycles. The number of nitrogens with two attached hydrogens (primary N) is 1. The van der Waals surface area contributed by atoms with Crippen LogP contribution >= 0.6 is 0 Å². The first-order valence-corrected chi connectivity index (χ1v) is 3.52. The Morgan fingerprint density at radius 1 is 1.44 bits per heavy atom. The van der Waals surface area contributed by atoms with E-state index in [2.05, 4.69) is 5.43 Å².